The fraction of sp³-hybridized carbons (Fsp3) is 0.167. The number of aromatic amines is 1. The van der Waals surface area contributed by atoms with Crippen molar-refractivity contribution in [2.24, 2.45) is 0 Å². The van der Waals surface area contributed by atoms with Gasteiger partial charge in [0.05, 0.1) is 0 Å². The van der Waals surface area contributed by atoms with Crippen LogP contribution in [0.3, 0.4) is 0 Å². The molecule has 0 unspecified atom stereocenters. The number of rotatable bonds is 1. The van der Waals surface area contributed by atoms with E-state index < -0.39 is 0 Å². The molecular weight excluding hydrogens is 190 g/mol. The summed E-state index contributed by atoms with van der Waals surface area (Å²) in [6.45, 7) is 2.03. The molecule has 0 aliphatic heterocycles. The number of hydrogen-bond donors (Lipinski definition) is 2. The standard InChI is InChI=1S/C11H11N.CH4S/c1-2-3-9-4-5-11-10(8-9)6-7-12-11;1-2/h2-8,12H,1H3;2H,1H3/b3-2+;. The number of aromatic nitrogens is 1. The molecule has 0 fully saturated rings. The molecule has 1 aromatic heterocycles. The molecule has 0 amide bonds. The average Bonchev–Trinajstić information content (AvgIpc) is 2.68. The van der Waals surface area contributed by atoms with Crippen molar-refractivity contribution in [3.05, 3.63) is 42.1 Å². The van der Waals surface area contributed by atoms with Gasteiger partial charge in [-0.3, -0.25) is 0 Å². The Morgan fingerprint density at radius 3 is 2.71 bits per heavy atom. The van der Waals surface area contributed by atoms with Crippen LogP contribution >= 0.6 is 12.6 Å². The summed E-state index contributed by atoms with van der Waals surface area (Å²) in [6.07, 6.45) is 7.81. The topological polar surface area (TPSA) is 15.8 Å². The third-order valence-electron chi connectivity index (χ3n) is 1.94. The van der Waals surface area contributed by atoms with E-state index in [9.17, 15) is 0 Å². The van der Waals surface area contributed by atoms with Gasteiger partial charge < -0.3 is 4.98 Å². The average molecular weight is 205 g/mol. The Morgan fingerprint density at radius 1 is 1.21 bits per heavy atom. The molecule has 74 valence electrons. The van der Waals surface area contributed by atoms with Crippen molar-refractivity contribution in [2.45, 2.75) is 6.92 Å². The summed E-state index contributed by atoms with van der Waals surface area (Å²) in [5.41, 5.74) is 2.45. The highest BCUT2D eigenvalue weighted by Crippen LogP contribution is 2.14. The van der Waals surface area contributed by atoms with Gasteiger partial charge in [0.2, 0.25) is 0 Å². The van der Waals surface area contributed by atoms with Crippen molar-refractivity contribution in [1.29, 1.82) is 0 Å². The number of hydrogen-bond acceptors (Lipinski definition) is 1. The first kappa shape index (κ1) is 10.9. The highest BCUT2D eigenvalue weighted by molar-refractivity contribution is 7.79. The zero-order valence-electron chi connectivity index (χ0n) is 8.49. The molecule has 0 radical (unpaired) electrons. The molecule has 2 aromatic rings. The van der Waals surface area contributed by atoms with Crippen LogP contribution in [-0.4, -0.2) is 11.2 Å². The Hall–Kier alpha value is -1.15. The Balaban J connectivity index is 0.000000461. The van der Waals surface area contributed by atoms with Crippen LogP contribution in [0.2, 0.25) is 0 Å². The quantitative estimate of drug-likeness (QED) is 0.660. The number of nitrogens with one attached hydrogen (secondary N) is 1. The first-order valence-corrected chi connectivity index (χ1v) is 5.44. The third-order valence-corrected chi connectivity index (χ3v) is 1.94. The molecule has 1 nitrogen and oxygen atoms in total. The van der Waals surface area contributed by atoms with E-state index in [2.05, 4.69) is 48.0 Å². The van der Waals surface area contributed by atoms with Crippen molar-refractivity contribution >= 4 is 29.6 Å². The van der Waals surface area contributed by atoms with E-state index in [4.69, 9.17) is 0 Å². The number of H-pyrrole nitrogens is 1. The smallest absolute Gasteiger partial charge is 0.0454 e. The second-order valence-corrected chi connectivity index (χ2v) is 2.82. The minimum absolute atomic E-state index is 1.20. The van der Waals surface area contributed by atoms with Crippen molar-refractivity contribution in [3.8, 4) is 0 Å². The SMILES string of the molecule is C/C=C/c1ccc2[nH]ccc2c1.CS. The Morgan fingerprint density at radius 2 is 2.00 bits per heavy atom. The van der Waals surface area contributed by atoms with Crippen LogP contribution in [0.25, 0.3) is 17.0 Å². The molecule has 1 aromatic carbocycles. The summed E-state index contributed by atoms with van der Waals surface area (Å²) in [7, 11) is 0. The van der Waals surface area contributed by atoms with Gasteiger partial charge in [-0.1, -0.05) is 18.2 Å². The molecule has 0 spiro atoms. The molecular formula is C12H15NS. The predicted molar refractivity (Wildman–Crippen MR) is 67.9 cm³/mol. The minimum atomic E-state index is 1.20. The number of fused-ring (bicyclic) bond motifs is 1. The molecule has 2 rings (SSSR count). The Bertz CT molecular complexity index is 415. The van der Waals surface area contributed by atoms with E-state index in [0.717, 1.165) is 0 Å². The zero-order chi connectivity index (χ0) is 10.4. The van der Waals surface area contributed by atoms with Crippen molar-refractivity contribution in [1.82, 2.24) is 4.98 Å². The Labute approximate surface area is 90.3 Å². The maximum absolute atomic E-state index is 3.53. The van der Waals surface area contributed by atoms with E-state index in [1.807, 2.05) is 19.2 Å². The lowest BCUT2D eigenvalue weighted by Gasteiger charge is -1.92. The Kier molecular flexibility index (Phi) is 4.33. The van der Waals surface area contributed by atoms with Crippen LogP contribution in [0, 0.1) is 0 Å². The third kappa shape index (κ3) is 2.42. The maximum atomic E-state index is 3.53. The van der Waals surface area contributed by atoms with Gasteiger partial charge in [-0.25, -0.2) is 0 Å². The molecule has 0 aliphatic carbocycles. The molecule has 14 heavy (non-hydrogen) atoms. The summed E-state index contributed by atoms with van der Waals surface area (Å²) in [4.78, 5) is 3.16. The monoisotopic (exact) mass is 205 g/mol. The van der Waals surface area contributed by atoms with Crippen molar-refractivity contribution in [2.75, 3.05) is 6.26 Å². The van der Waals surface area contributed by atoms with Gasteiger partial charge in [0.1, 0.15) is 0 Å². The summed E-state index contributed by atoms with van der Waals surface area (Å²) in [6, 6.07) is 8.47. The van der Waals surface area contributed by atoms with Gasteiger partial charge >= 0.3 is 0 Å². The fourth-order valence-corrected chi connectivity index (χ4v) is 1.37. The molecule has 1 N–H and O–H groups in total. The molecule has 0 bridgehead atoms. The van der Waals surface area contributed by atoms with E-state index in [-0.39, 0.29) is 0 Å². The lowest BCUT2D eigenvalue weighted by atomic mass is 10.1. The van der Waals surface area contributed by atoms with E-state index in [1.54, 1.807) is 6.26 Å². The molecule has 1 heterocycles. The highest BCUT2D eigenvalue weighted by atomic mass is 32.1. The van der Waals surface area contributed by atoms with Gasteiger partial charge in [-0.05, 0) is 42.3 Å². The summed E-state index contributed by atoms with van der Waals surface area (Å²) < 4.78 is 0. The normalized spacial score (nSPS) is 10.2. The maximum Gasteiger partial charge on any atom is 0.0454 e. The molecule has 0 aliphatic rings. The summed E-state index contributed by atoms with van der Waals surface area (Å²) in [5, 5.41) is 1.27. The van der Waals surface area contributed by atoms with Gasteiger partial charge in [-0.2, -0.15) is 12.6 Å². The number of thiol groups is 1. The largest absolute Gasteiger partial charge is 0.361 e. The molecule has 0 saturated heterocycles. The van der Waals surface area contributed by atoms with Gasteiger partial charge in [0.15, 0.2) is 0 Å². The van der Waals surface area contributed by atoms with E-state index in [0.29, 0.717) is 0 Å². The lowest BCUT2D eigenvalue weighted by Crippen LogP contribution is -1.71. The fourth-order valence-electron chi connectivity index (χ4n) is 1.37. The second-order valence-electron chi connectivity index (χ2n) is 2.82. The van der Waals surface area contributed by atoms with Crippen molar-refractivity contribution in [3.63, 3.8) is 0 Å². The van der Waals surface area contributed by atoms with Gasteiger partial charge in [0, 0.05) is 11.7 Å². The van der Waals surface area contributed by atoms with Crippen LogP contribution in [0.15, 0.2) is 36.5 Å². The molecule has 0 saturated carbocycles. The van der Waals surface area contributed by atoms with Gasteiger partial charge in [-0.15, -0.1) is 0 Å². The molecule has 0 atom stereocenters. The zero-order valence-corrected chi connectivity index (χ0v) is 9.38. The predicted octanol–water partition coefficient (Wildman–Crippen LogP) is 3.75. The van der Waals surface area contributed by atoms with Gasteiger partial charge in [0.25, 0.3) is 0 Å². The number of allylic oxidation sites excluding steroid dienone is 1. The van der Waals surface area contributed by atoms with Crippen LogP contribution < -0.4 is 0 Å². The number of benzene rings is 1. The highest BCUT2D eigenvalue weighted by Gasteiger charge is 1.92. The van der Waals surface area contributed by atoms with Crippen LogP contribution in [0.1, 0.15) is 12.5 Å². The summed E-state index contributed by atoms with van der Waals surface area (Å²) >= 11 is 3.53. The van der Waals surface area contributed by atoms with Crippen LogP contribution in [-0.2, 0) is 0 Å². The van der Waals surface area contributed by atoms with Crippen LogP contribution in [0.4, 0.5) is 0 Å². The van der Waals surface area contributed by atoms with E-state index >= 15 is 0 Å². The summed E-state index contributed by atoms with van der Waals surface area (Å²) in [5.74, 6) is 0. The minimum Gasteiger partial charge on any atom is -0.361 e. The molecule has 2 heteroatoms. The van der Waals surface area contributed by atoms with E-state index in [1.165, 1.54) is 16.5 Å². The first-order chi connectivity index (χ1) is 6.90. The lowest BCUT2D eigenvalue weighted by molar-refractivity contribution is 1.48. The van der Waals surface area contributed by atoms with Crippen LogP contribution in [0.5, 0.6) is 0 Å². The second kappa shape index (κ2) is 5.55. The first-order valence-electron chi connectivity index (χ1n) is 4.55. The van der Waals surface area contributed by atoms with Crippen molar-refractivity contribution < 1.29 is 0 Å².